The van der Waals surface area contributed by atoms with Crippen molar-refractivity contribution in [2.24, 2.45) is 0 Å². The Morgan fingerprint density at radius 1 is 0.818 bits per heavy atom. The van der Waals surface area contributed by atoms with E-state index in [4.69, 9.17) is 18.9 Å². The molecule has 0 saturated carbocycles. The molecule has 33 heavy (non-hydrogen) atoms. The summed E-state index contributed by atoms with van der Waals surface area (Å²) in [6.07, 6.45) is 0.790. The zero-order chi connectivity index (χ0) is 24.4. The highest BCUT2D eigenvalue weighted by molar-refractivity contribution is 5.84. The van der Waals surface area contributed by atoms with Crippen LogP contribution in [0.4, 0.5) is 0 Å². The normalized spacial score (nSPS) is 12.2. The van der Waals surface area contributed by atoms with Crippen LogP contribution in [0.5, 0.6) is 23.0 Å². The number of carbonyl (C=O) groups excluding carboxylic acids is 2. The lowest BCUT2D eigenvalue weighted by atomic mass is 10.0. The molecular formula is C25H28O8. The number of hydrogen-bond donors (Lipinski definition) is 2. The van der Waals surface area contributed by atoms with Crippen LogP contribution in [-0.2, 0) is 16.0 Å². The third-order valence-electron chi connectivity index (χ3n) is 4.19. The smallest absolute Gasteiger partial charge is 0.335 e. The molecule has 2 rings (SSSR count). The van der Waals surface area contributed by atoms with Crippen molar-refractivity contribution >= 4 is 11.9 Å². The van der Waals surface area contributed by atoms with Crippen LogP contribution in [-0.4, -0.2) is 47.6 Å². The summed E-state index contributed by atoms with van der Waals surface area (Å²) in [7, 11) is 0. The van der Waals surface area contributed by atoms with Crippen molar-refractivity contribution in [1.82, 2.24) is 0 Å². The Hall–Kier alpha value is -3.62. The molecule has 0 amide bonds. The van der Waals surface area contributed by atoms with Gasteiger partial charge in [-0.15, -0.1) is 0 Å². The highest BCUT2D eigenvalue weighted by Crippen LogP contribution is 2.38. The molecular weight excluding hydrogens is 428 g/mol. The minimum absolute atomic E-state index is 0.0297. The summed E-state index contributed by atoms with van der Waals surface area (Å²) in [6, 6.07) is 10.0. The van der Waals surface area contributed by atoms with Gasteiger partial charge in [-0.25, -0.2) is 9.59 Å². The van der Waals surface area contributed by atoms with Gasteiger partial charge in [0.25, 0.3) is 0 Å². The zero-order valence-corrected chi connectivity index (χ0v) is 18.7. The molecule has 0 spiro atoms. The van der Waals surface area contributed by atoms with Crippen LogP contribution in [0.25, 0.3) is 0 Å². The molecule has 2 atom stereocenters. The number of ether oxygens (including phenoxy) is 4. The Morgan fingerprint density at radius 3 is 1.55 bits per heavy atom. The van der Waals surface area contributed by atoms with Gasteiger partial charge < -0.3 is 29.2 Å². The molecule has 8 heteroatoms. The third-order valence-corrected chi connectivity index (χ3v) is 4.19. The van der Waals surface area contributed by atoms with Crippen molar-refractivity contribution in [3.05, 3.63) is 72.8 Å². The van der Waals surface area contributed by atoms with E-state index >= 15 is 0 Å². The highest BCUT2D eigenvalue weighted by atomic mass is 16.6. The fourth-order valence-electron chi connectivity index (χ4n) is 2.80. The Bertz CT molecular complexity index is 914. The van der Waals surface area contributed by atoms with E-state index in [-0.39, 0.29) is 42.6 Å². The second-order valence-corrected chi connectivity index (χ2v) is 7.24. The van der Waals surface area contributed by atoms with Gasteiger partial charge in [-0.1, -0.05) is 37.4 Å². The summed E-state index contributed by atoms with van der Waals surface area (Å²) in [4.78, 5) is 23.5. The van der Waals surface area contributed by atoms with Crippen LogP contribution < -0.4 is 18.9 Å². The van der Waals surface area contributed by atoms with Crippen molar-refractivity contribution in [2.75, 3.05) is 13.2 Å². The first-order valence-corrected chi connectivity index (χ1v) is 10.3. The molecule has 0 radical (unpaired) electrons. The summed E-state index contributed by atoms with van der Waals surface area (Å²) >= 11 is 0. The number of esters is 2. The number of para-hydroxylation sites is 2. The number of aliphatic hydroxyl groups is 2. The molecule has 0 aliphatic carbocycles. The first-order chi connectivity index (χ1) is 15.7. The maximum absolute atomic E-state index is 11.8. The lowest BCUT2D eigenvalue weighted by Crippen LogP contribution is -2.16. The van der Waals surface area contributed by atoms with E-state index in [0.29, 0.717) is 11.1 Å². The standard InChI is InChI=1S/C25H28O8/c1-5-22(28)32-20-11-7-9-18(24(20)30-14-16(3)26)13-19-10-8-12-21(33-23(29)6-2)25(19)31-15-17(4)27/h5-12,16-17,26-27H,1-2,13-15H2,3-4H3. The molecule has 0 aliphatic rings. The molecule has 8 nitrogen and oxygen atoms in total. The van der Waals surface area contributed by atoms with Gasteiger partial charge in [0.2, 0.25) is 0 Å². The van der Waals surface area contributed by atoms with Crippen LogP contribution in [0.1, 0.15) is 25.0 Å². The minimum atomic E-state index is -0.757. The fourth-order valence-corrected chi connectivity index (χ4v) is 2.80. The van der Waals surface area contributed by atoms with Crippen LogP contribution in [0.3, 0.4) is 0 Å². The average Bonchev–Trinajstić information content (AvgIpc) is 2.77. The van der Waals surface area contributed by atoms with Gasteiger partial charge in [-0.05, 0) is 26.0 Å². The van der Waals surface area contributed by atoms with Gasteiger partial charge >= 0.3 is 11.9 Å². The van der Waals surface area contributed by atoms with Crippen LogP contribution in [0.15, 0.2) is 61.7 Å². The first-order valence-electron chi connectivity index (χ1n) is 10.3. The second kappa shape index (κ2) is 12.4. The van der Waals surface area contributed by atoms with Crippen molar-refractivity contribution in [3.8, 4) is 23.0 Å². The summed E-state index contributed by atoms with van der Waals surface area (Å²) in [5, 5.41) is 19.3. The maximum Gasteiger partial charge on any atom is 0.335 e. The number of carbonyl (C=O) groups is 2. The molecule has 2 aromatic carbocycles. The summed E-state index contributed by atoms with van der Waals surface area (Å²) in [5.41, 5.74) is 1.25. The van der Waals surface area contributed by atoms with Crippen molar-refractivity contribution in [2.45, 2.75) is 32.5 Å². The number of benzene rings is 2. The van der Waals surface area contributed by atoms with E-state index in [1.807, 2.05) is 0 Å². The molecule has 0 aromatic heterocycles. The van der Waals surface area contributed by atoms with Gasteiger partial charge in [-0.3, -0.25) is 0 Å². The molecule has 0 fully saturated rings. The number of hydrogen-bond acceptors (Lipinski definition) is 8. The molecule has 0 heterocycles. The largest absolute Gasteiger partial charge is 0.487 e. The first kappa shape index (κ1) is 25.6. The molecule has 2 aromatic rings. The van der Waals surface area contributed by atoms with Crippen LogP contribution >= 0.6 is 0 Å². The van der Waals surface area contributed by atoms with Crippen molar-refractivity contribution in [3.63, 3.8) is 0 Å². The highest BCUT2D eigenvalue weighted by Gasteiger charge is 2.19. The van der Waals surface area contributed by atoms with Crippen molar-refractivity contribution in [1.29, 1.82) is 0 Å². The molecule has 2 N–H and O–H groups in total. The molecule has 176 valence electrons. The van der Waals surface area contributed by atoms with E-state index in [1.165, 1.54) is 0 Å². The third kappa shape index (κ3) is 7.78. The topological polar surface area (TPSA) is 112 Å². The molecule has 0 aliphatic heterocycles. The lowest BCUT2D eigenvalue weighted by molar-refractivity contribution is -0.130. The average molecular weight is 456 g/mol. The monoisotopic (exact) mass is 456 g/mol. The summed E-state index contributed by atoms with van der Waals surface area (Å²) in [5.74, 6) is -0.453. The molecule has 0 bridgehead atoms. The van der Waals surface area contributed by atoms with Crippen LogP contribution in [0, 0.1) is 0 Å². The van der Waals surface area contributed by atoms with E-state index in [2.05, 4.69) is 13.2 Å². The van der Waals surface area contributed by atoms with E-state index < -0.39 is 24.1 Å². The predicted molar refractivity (Wildman–Crippen MR) is 122 cm³/mol. The number of aliphatic hydroxyl groups excluding tert-OH is 2. The van der Waals surface area contributed by atoms with E-state index in [9.17, 15) is 19.8 Å². The summed E-state index contributed by atoms with van der Waals surface area (Å²) < 4.78 is 22.1. The fraction of sp³-hybridized carbons (Fsp3) is 0.280. The van der Waals surface area contributed by atoms with E-state index in [1.54, 1.807) is 50.2 Å². The number of rotatable bonds is 12. The Balaban J connectivity index is 2.50. The maximum atomic E-state index is 11.8. The second-order valence-electron chi connectivity index (χ2n) is 7.24. The van der Waals surface area contributed by atoms with Crippen LogP contribution in [0.2, 0.25) is 0 Å². The lowest BCUT2D eigenvalue weighted by Gasteiger charge is -2.19. The van der Waals surface area contributed by atoms with Gasteiger partial charge in [0, 0.05) is 29.7 Å². The van der Waals surface area contributed by atoms with Gasteiger partial charge in [0.05, 0.1) is 12.2 Å². The Labute approximate surface area is 192 Å². The van der Waals surface area contributed by atoms with Gasteiger partial charge in [0.15, 0.2) is 23.0 Å². The SMILES string of the molecule is C=CC(=O)Oc1cccc(Cc2cccc(OC(=O)C=C)c2OCC(C)O)c1OCC(C)O. The Morgan fingerprint density at radius 2 is 1.21 bits per heavy atom. The predicted octanol–water partition coefficient (Wildman–Crippen LogP) is 2.98. The molecule has 0 saturated heterocycles. The minimum Gasteiger partial charge on any atom is -0.487 e. The summed E-state index contributed by atoms with van der Waals surface area (Å²) in [6.45, 7) is 9.87. The van der Waals surface area contributed by atoms with Crippen molar-refractivity contribution < 1.29 is 38.7 Å². The quantitative estimate of drug-likeness (QED) is 0.285. The molecule has 2 unspecified atom stereocenters. The van der Waals surface area contributed by atoms with Gasteiger partial charge in [0.1, 0.15) is 13.2 Å². The Kier molecular flexibility index (Phi) is 9.65. The van der Waals surface area contributed by atoms with E-state index in [0.717, 1.165) is 12.2 Å². The zero-order valence-electron chi connectivity index (χ0n) is 18.7. The van der Waals surface area contributed by atoms with Gasteiger partial charge in [-0.2, -0.15) is 0 Å².